The number of nitrogens with one attached hydrogen (secondary N) is 1. The molecule has 1 nitrogen and oxygen atoms in total. The van der Waals surface area contributed by atoms with Gasteiger partial charge in [-0.25, -0.2) is 3.53 Å². The zero-order valence-corrected chi connectivity index (χ0v) is 7.76. The summed E-state index contributed by atoms with van der Waals surface area (Å²) >= 11 is 3.97. The van der Waals surface area contributed by atoms with E-state index in [-0.39, 0.29) is 4.87 Å². The van der Waals surface area contributed by atoms with Gasteiger partial charge >= 0.3 is 0 Å². The van der Waals surface area contributed by atoms with E-state index in [0.717, 1.165) is 0 Å². The van der Waals surface area contributed by atoms with E-state index in [1.165, 1.54) is 0 Å². The number of hydrogen-bond acceptors (Lipinski definition) is 2. The molecule has 0 aromatic rings. The molecular weight excluding hydrogens is 221 g/mol. The highest BCUT2D eigenvalue weighted by Gasteiger charge is 2.10. The van der Waals surface area contributed by atoms with Gasteiger partial charge in [0.1, 0.15) is 0 Å². The van der Waals surface area contributed by atoms with E-state index in [1.807, 2.05) is 11.8 Å². The largest absolute Gasteiger partial charge is 0.246 e. The van der Waals surface area contributed by atoms with Crippen molar-refractivity contribution in [3.63, 3.8) is 0 Å². The molecule has 0 radical (unpaired) electrons. The first kappa shape index (κ1) is 8.04. The van der Waals surface area contributed by atoms with Crippen LogP contribution in [-0.4, -0.2) is 11.1 Å². The van der Waals surface area contributed by atoms with Crippen molar-refractivity contribution in [3.8, 4) is 0 Å². The fraction of sp³-hybridized carbons (Fsp3) is 1.00. The van der Waals surface area contributed by atoms with Crippen molar-refractivity contribution in [3.05, 3.63) is 0 Å². The van der Waals surface area contributed by atoms with Crippen LogP contribution in [0.3, 0.4) is 0 Å². The van der Waals surface area contributed by atoms with Gasteiger partial charge in [-0.2, -0.15) is 0 Å². The summed E-state index contributed by atoms with van der Waals surface area (Å²) in [6.07, 6.45) is 2.09. The second-order valence-electron chi connectivity index (χ2n) is 1.81. The molecule has 7 heavy (non-hydrogen) atoms. The second-order valence-corrected chi connectivity index (χ2v) is 3.78. The van der Waals surface area contributed by atoms with E-state index in [0.29, 0.717) is 0 Å². The number of thioether (sulfide) groups is 1. The predicted octanol–water partition coefficient (Wildman–Crippen LogP) is 2.03. The molecule has 0 saturated heterocycles. The molecule has 0 aliphatic heterocycles. The highest BCUT2D eigenvalue weighted by atomic mass is 127. The van der Waals surface area contributed by atoms with E-state index in [4.69, 9.17) is 0 Å². The molecule has 0 aromatic heterocycles. The van der Waals surface area contributed by atoms with Crippen molar-refractivity contribution in [2.75, 3.05) is 6.26 Å². The SMILES string of the molecule is CSC(C)(C)NI. The van der Waals surface area contributed by atoms with Crippen molar-refractivity contribution in [1.82, 2.24) is 3.53 Å². The Bertz CT molecular complexity index is 49.7. The summed E-state index contributed by atoms with van der Waals surface area (Å²) < 4.78 is 3.12. The van der Waals surface area contributed by atoms with Gasteiger partial charge in [0.05, 0.1) is 4.87 Å². The Hall–Kier alpha value is 1.04. The minimum Gasteiger partial charge on any atom is -0.246 e. The van der Waals surface area contributed by atoms with Crippen LogP contribution >= 0.6 is 34.6 Å². The Morgan fingerprint density at radius 2 is 2.00 bits per heavy atom. The third-order valence-electron chi connectivity index (χ3n) is 0.738. The van der Waals surface area contributed by atoms with E-state index >= 15 is 0 Å². The molecule has 0 rings (SSSR count). The van der Waals surface area contributed by atoms with Gasteiger partial charge in [-0.3, -0.25) is 0 Å². The van der Waals surface area contributed by atoms with E-state index in [9.17, 15) is 0 Å². The van der Waals surface area contributed by atoms with Crippen LogP contribution in [0.4, 0.5) is 0 Å². The van der Waals surface area contributed by atoms with Gasteiger partial charge in [-0.15, -0.1) is 11.8 Å². The first-order valence-corrected chi connectivity index (χ1v) is 4.35. The number of hydrogen-bond donors (Lipinski definition) is 1. The van der Waals surface area contributed by atoms with Crippen LogP contribution in [0.25, 0.3) is 0 Å². The van der Waals surface area contributed by atoms with Gasteiger partial charge in [-0.1, -0.05) is 0 Å². The maximum absolute atomic E-state index is 3.12. The number of rotatable bonds is 2. The lowest BCUT2D eigenvalue weighted by Gasteiger charge is -2.18. The molecule has 0 unspecified atom stereocenters. The van der Waals surface area contributed by atoms with Crippen molar-refractivity contribution in [2.45, 2.75) is 18.7 Å². The average Bonchev–Trinajstić information content (AvgIpc) is 1.68. The van der Waals surface area contributed by atoms with Crippen LogP contribution in [0, 0.1) is 0 Å². The third-order valence-corrected chi connectivity index (χ3v) is 3.57. The van der Waals surface area contributed by atoms with Crippen molar-refractivity contribution < 1.29 is 0 Å². The fourth-order valence-electron chi connectivity index (χ4n) is 0.0386. The summed E-state index contributed by atoms with van der Waals surface area (Å²) in [7, 11) is 0. The fourth-order valence-corrected chi connectivity index (χ4v) is 0.776. The molecule has 0 aliphatic carbocycles. The van der Waals surface area contributed by atoms with Crippen molar-refractivity contribution >= 4 is 34.6 Å². The van der Waals surface area contributed by atoms with Crippen LogP contribution in [0.2, 0.25) is 0 Å². The quantitative estimate of drug-likeness (QED) is 0.443. The topological polar surface area (TPSA) is 12.0 Å². The molecule has 0 spiro atoms. The highest BCUT2D eigenvalue weighted by Crippen LogP contribution is 2.17. The molecule has 0 amide bonds. The smallest absolute Gasteiger partial charge is 0.0672 e. The molecule has 0 heterocycles. The zero-order valence-electron chi connectivity index (χ0n) is 4.79. The zero-order chi connectivity index (χ0) is 5.91. The normalized spacial score (nSPS) is 12.0. The minimum absolute atomic E-state index is 0.237. The van der Waals surface area contributed by atoms with E-state index < -0.39 is 0 Å². The molecule has 0 fully saturated rings. The lowest BCUT2D eigenvalue weighted by molar-refractivity contribution is 0.724. The lowest BCUT2D eigenvalue weighted by Crippen LogP contribution is -2.26. The average molecular weight is 231 g/mol. The molecule has 3 heteroatoms. The molecule has 0 saturated carbocycles. The Morgan fingerprint density at radius 1 is 1.57 bits per heavy atom. The molecule has 1 N–H and O–H groups in total. The molecule has 0 aromatic carbocycles. The van der Waals surface area contributed by atoms with Gasteiger partial charge in [0, 0.05) is 22.9 Å². The minimum atomic E-state index is 0.237. The predicted molar refractivity (Wildman–Crippen MR) is 44.7 cm³/mol. The van der Waals surface area contributed by atoms with E-state index in [1.54, 1.807) is 0 Å². The summed E-state index contributed by atoms with van der Waals surface area (Å²) in [6.45, 7) is 4.29. The summed E-state index contributed by atoms with van der Waals surface area (Å²) in [5.41, 5.74) is 0. The third kappa shape index (κ3) is 3.61. The van der Waals surface area contributed by atoms with Gasteiger partial charge in [-0.05, 0) is 20.1 Å². The van der Waals surface area contributed by atoms with Gasteiger partial charge in [0.15, 0.2) is 0 Å². The molecule has 0 bridgehead atoms. The maximum atomic E-state index is 3.12. The Balaban J connectivity index is 3.36. The van der Waals surface area contributed by atoms with Crippen LogP contribution < -0.4 is 3.53 Å². The number of halogens is 1. The Labute approximate surface area is 63.1 Å². The molecular formula is C4H10INS. The van der Waals surface area contributed by atoms with Crippen LogP contribution in [0.15, 0.2) is 0 Å². The van der Waals surface area contributed by atoms with E-state index in [2.05, 4.69) is 46.5 Å². The monoisotopic (exact) mass is 231 g/mol. The first-order chi connectivity index (χ1) is 3.12. The highest BCUT2D eigenvalue weighted by molar-refractivity contribution is 14.1. The molecule has 0 aliphatic rings. The van der Waals surface area contributed by atoms with Crippen LogP contribution in [-0.2, 0) is 0 Å². The summed E-state index contributed by atoms with van der Waals surface area (Å²) in [6, 6.07) is 0. The first-order valence-electron chi connectivity index (χ1n) is 2.05. The summed E-state index contributed by atoms with van der Waals surface area (Å²) in [5, 5.41) is 0. The second kappa shape index (κ2) is 3.14. The van der Waals surface area contributed by atoms with Gasteiger partial charge in [0.25, 0.3) is 0 Å². The van der Waals surface area contributed by atoms with Crippen LogP contribution in [0.1, 0.15) is 13.8 Å². The Morgan fingerprint density at radius 3 is 2.00 bits per heavy atom. The van der Waals surface area contributed by atoms with Crippen molar-refractivity contribution in [1.29, 1.82) is 0 Å². The maximum Gasteiger partial charge on any atom is 0.0672 e. The van der Waals surface area contributed by atoms with Crippen molar-refractivity contribution in [2.24, 2.45) is 0 Å². The van der Waals surface area contributed by atoms with Gasteiger partial charge < -0.3 is 0 Å². The summed E-state index contributed by atoms with van der Waals surface area (Å²) in [5.74, 6) is 0. The summed E-state index contributed by atoms with van der Waals surface area (Å²) in [4.78, 5) is 0.237. The van der Waals surface area contributed by atoms with Crippen LogP contribution in [0.5, 0.6) is 0 Å². The van der Waals surface area contributed by atoms with Gasteiger partial charge in [0.2, 0.25) is 0 Å². The molecule has 44 valence electrons. The lowest BCUT2D eigenvalue weighted by atomic mass is 10.4. The standard InChI is InChI=1S/C4H10INS/c1-4(2,6-5)7-3/h6H,1-3H3. The molecule has 0 atom stereocenters. The Kier molecular flexibility index (Phi) is 3.61.